The highest BCUT2D eigenvalue weighted by molar-refractivity contribution is 6.36. The number of fused-ring (bicyclic) bond motifs is 4. The van der Waals surface area contributed by atoms with Gasteiger partial charge in [0.25, 0.3) is 11.8 Å². The van der Waals surface area contributed by atoms with Crippen molar-refractivity contribution in [1.29, 1.82) is 10.5 Å². The molecule has 7 aromatic rings. The largest absolute Gasteiger partial charge is 0.308 e. The lowest BCUT2D eigenvalue weighted by Crippen LogP contribution is -2.30. The fraction of sp³-hybridized carbons (Fsp3) is 0. The summed E-state index contributed by atoms with van der Waals surface area (Å²) in [5.41, 5.74) is 7.76. The van der Waals surface area contributed by atoms with Crippen molar-refractivity contribution in [1.82, 2.24) is 4.57 Å². The van der Waals surface area contributed by atoms with Gasteiger partial charge in [-0.05, 0) is 71.3 Å². The molecule has 0 aliphatic carbocycles. The van der Waals surface area contributed by atoms with Gasteiger partial charge in [-0.2, -0.15) is 10.5 Å². The van der Waals surface area contributed by atoms with Crippen molar-refractivity contribution in [3.63, 3.8) is 0 Å². The summed E-state index contributed by atoms with van der Waals surface area (Å²) in [6, 6.07) is 46.0. The molecule has 6 nitrogen and oxygen atoms in total. The Morgan fingerprint density at radius 2 is 1.13 bits per heavy atom. The number of rotatable bonds is 4. The average Bonchev–Trinajstić information content (AvgIpc) is 3.58. The van der Waals surface area contributed by atoms with E-state index in [-0.39, 0.29) is 11.8 Å². The van der Waals surface area contributed by atoms with Crippen molar-refractivity contribution in [3.8, 4) is 40.1 Å². The molecule has 0 saturated heterocycles. The maximum Gasteiger partial charge on any atom is 0.268 e. The number of para-hydroxylation sites is 2. The molecule has 0 bridgehead atoms. The lowest BCUT2D eigenvalue weighted by molar-refractivity contribution is 0.0926. The third-order valence-electron chi connectivity index (χ3n) is 8.56. The van der Waals surface area contributed by atoms with Crippen LogP contribution in [-0.2, 0) is 0 Å². The molecule has 0 atom stereocenters. The van der Waals surface area contributed by atoms with Gasteiger partial charge in [0.1, 0.15) is 0 Å². The Morgan fingerprint density at radius 3 is 1.91 bits per heavy atom. The molecule has 0 N–H and O–H groups in total. The van der Waals surface area contributed by atoms with Gasteiger partial charge in [0, 0.05) is 16.3 Å². The van der Waals surface area contributed by atoms with Crippen LogP contribution >= 0.6 is 0 Å². The first-order valence-corrected chi connectivity index (χ1v) is 14.7. The number of benzene rings is 6. The maximum atomic E-state index is 14.4. The van der Waals surface area contributed by atoms with Gasteiger partial charge in [-0.3, -0.25) is 9.59 Å². The zero-order chi connectivity index (χ0) is 31.4. The van der Waals surface area contributed by atoms with Crippen molar-refractivity contribution in [2.24, 2.45) is 0 Å². The van der Waals surface area contributed by atoms with E-state index in [1.807, 2.05) is 114 Å². The van der Waals surface area contributed by atoms with Gasteiger partial charge in [0.15, 0.2) is 0 Å². The molecule has 1 aliphatic heterocycles. The normalized spacial score (nSPS) is 12.3. The van der Waals surface area contributed by atoms with Crippen LogP contribution in [-0.4, -0.2) is 16.4 Å². The van der Waals surface area contributed by atoms with E-state index in [2.05, 4.69) is 12.1 Å². The smallest absolute Gasteiger partial charge is 0.268 e. The van der Waals surface area contributed by atoms with Gasteiger partial charge in [0.2, 0.25) is 0 Å². The number of nitriles is 2. The Balaban J connectivity index is 1.32. The Morgan fingerprint density at radius 1 is 0.478 bits per heavy atom. The second kappa shape index (κ2) is 10.4. The minimum atomic E-state index is -0.376. The number of amides is 2. The van der Waals surface area contributed by atoms with Crippen LogP contribution < -0.4 is 4.90 Å². The van der Waals surface area contributed by atoms with Crippen LogP contribution in [0.2, 0.25) is 0 Å². The second-order valence-corrected chi connectivity index (χ2v) is 11.1. The molecule has 214 valence electrons. The lowest BCUT2D eigenvalue weighted by atomic mass is 9.99. The minimum Gasteiger partial charge on any atom is -0.308 e. The number of aromatic nitrogens is 1. The van der Waals surface area contributed by atoms with Crippen molar-refractivity contribution < 1.29 is 9.59 Å². The van der Waals surface area contributed by atoms with Crippen molar-refractivity contribution in [3.05, 3.63) is 156 Å². The first kappa shape index (κ1) is 26.8. The molecule has 0 unspecified atom stereocenters. The maximum absolute atomic E-state index is 14.4. The molecule has 8 rings (SSSR count). The standard InChI is InChI=1S/C40H22N4O2/c41-23-25-19-26(24-42)21-29(20-25)28-17-18-36-33(22-28)31-12-5-7-15-35(31)43(36)37-16-8-13-32-38(37)40(46)44(39(32)45)34-14-6-4-11-30(34)27-9-2-1-3-10-27/h1-22H. The van der Waals surface area contributed by atoms with Crippen molar-refractivity contribution in [2.45, 2.75) is 0 Å². The topological polar surface area (TPSA) is 89.9 Å². The molecule has 6 aromatic carbocycles. The molecule has 0 fully saturated rings. The summed E-state index contributed by atoms with van der Waals surface area (Å²) in [6.45, 7) is 0. The molecule has 6 heteroatoms. The van der Waals surface area contributed by atoms with Crippen LogP contribution in [0.25, 0.3) is 49.7 Å². The van der Waals surface area contributed by atoms with Gasteiger partial charge < -0.3 is 4.57 Å². The van der Waals surface area contributed by atoms with Gasteiger partial charge >= 0.3 is 0 Å². The van der Waals surface area contributed by atoms with Crippen LogP contribution in [0.1, 0.15) is 31.8 Å². The van der Waals surface area contributed by atoms with Crippen LogP contribution in [0, 0.1) is 22.7 Å². The first-order valence-electron chi connectivity index (χ1n) is 14.7. The van der Waals surface area contributed by atoms with Crippen LogP contribution in [0.15, 0.2) is 133 Å². The van der Waals surface area contributed by atoms with Crippen LogP contribution in [0.3, 0.4) is 0 Å². The molecular formula is C40H22N4O2. The van der Waals surface area contributed by atoms with Crippen LogP contribution in [0.5, 0.6) is 0 Å². The van der Waals surface area contributed by atoms with Gasteiger partial charge in [-0.25, -0.2) is 4.90 Å². The van der Waals surface area contributed by atoms with E-state index in [0.717, 1.165) is 44.1 Å². The molecule has 1 aromatic heterocycles. The van der Waals surface area contributed by atoms with E-state index < -0.39 is 0 Å². The molecule has 2 heterocycles. The monoisotopic (exact) mass is 590 g/mol. The fourth-order valence-electron chi connectivity index (χ4n) is 6.54. The van der Waals surface area contributed by atoms with Crippen LogP contribution in [0.4, 0.5) is 5.69 Å². The van der Waals surface area contributed by atoms with Gasteiger partial charge in [-0.1, -0.05) is 78.9 Å². The van der Waals surface area contributed by atoms with E-state index in [4.69, 9.17) is 0 Å². The molecule has 2 amide bonds. The highest BCUT2D eigenvalue weighted by atomic mass is 16.2. The SMILES string of the molecule is N#Cc1cc(C#N)cc(-c2ccc3c(c2)c2ccccc2n3-c2cccc3c2C(=O)N(c2ccccc2-c2ccccc2)C3=O)c1. The Bertz CT molecular complexity index is 2460. The zero-order valence-electron chi connectivity index (χ0n) is 24.3. The molecule has 1 aliphatic rings. The fourth-order valence-corrected chi connectivity index (χ4v) is 6.54. The quantitative estimate of drug-likeness (QED) is 0.192. The third-order valence-corrected chi connectivity index (χ3v) is 8.56. The highest BCUT2D eigenvalue weighted by Gasteiger charge is 2.40. The average molecular weight is 591 g/mol. The second-order valence-electron chi connectivity index (χ2n) is 11.1. The van der Waals surface area contributed by atoms with E-state index in [1.165, 1.54) is 4.90 Å². The van der Waals surface area contributed by atoms with E-state index in [9.17, 15) is 20.1 Å². The minimum absolute atomic E-state index is 0.350. The van der Waals surface area contributed by atoms with E-state index in [1.54, 1.807) is 24.3 Å². The Labute approximate surface area is 264 Å². The van der Waals surface area contributed by atoms with Crippen molar-refractivity contribution in [2.75, 3.05) is 4.90 Å². The molecule has 0 spiro atoms. The first-order chi connectivity index (χ1) is 22.6. The summed E-state index contributed by atoms with van der Waals surface area (Å²) in [4.78, 5) is 29.7. The molecule has 0 radical (unpaired) electrons. The van der Waals surface area contributed by atoms with E-state index >= 15 is 0 Å². The molecular weight excluding hydrogens is 568 g/mol. The lowest BCUT2D eigenvalue weighted by Gasteiger charge is -2.18. The predicted molar refractivity (Wildman–Crippen MR) is 179 cm³/mol. The summed E-state index contributed by atoms with van der Waals surface area (Å²) in [5, 5.41) is 21.0. The third kappa shape index (κ3) is 4.02. The number of imide groups is 1. The summed E-state index contributed by atoms with van der Waals surface area (Å²) in [7, 11) is 0. The van der Waals surface area contributed by atoms with Crippen molar-refractivity contribution >= 4 is 39.3 Å². The summed E-state index contributed by atoms with van der Waals surface area (Å²) in [6.07, 6.45) is 0. The Hall–Kier alpha value is -6.76. The number of hydrogen-bond donors (Lipinski definition) is 0. The van der Waals surface area contributed by atoms with Gasteiger partial charge in [0.05, 0.1) is 56.8 Å². The number of carbonyl (C=O) groups is 2. The number of carbonyl (C=O) groups excluding carboxylic acids is 2. The number of nitrogens with zero attached hydrogens (tertiary/aromatic N) is 4. The summed E-state index contributed by atoms with van der Waals surface area (Å²) >= 11 is 0. The number of anilines is 1. The van der Waals surface area contributed by atoms with Gasteiger partial charge in [-0.15, -0.1) is 0 Å². The summed E-state index contributed by atoms with van der Waals surface area (Å²) in [5.74, 6) is -0.738. The molecule has 0 saturated carbocycles. The van der Waals surface area contributed by atoms with E-state index in [0.29, 0.717) is 33.6 Å². The molecule has 46 heavy (non-hydrogen) atoms. The number of hydrogen-bond acceptors (Lipinski definition) is 4. The summed E-state index contributed by atoms with van der Waals surface area (Å²) < 4.78 is 2.04. The Kier molecular flexibility index (Phi) is 6.10. The predicted octanol–water partition coefficient (Wildman–Crippen LogP) is 8.66. The highest BCUT2D eigenvalue weighted by Crippen LogP contribution is 2.41. The zero-order valence-corrected chi connectivity index (χ0v) is 24.3.